The second kappa shape index (κ2) is 5.81. The van der Waals surface area contributed by atoms with Crippen molar-refractivity contribution < 1.29 is 4.39 Å². The van der Waals surface area contributed by atoms with Gasteiger partial charge in [0.2, 0.25) is 0 Å². The van der Waals surface area contributed by atoms with Gasteiger partial charge in [-0.25, -0.2) is 4.39 Å². The van der Waals surface area contributed by atoms with E-state index in [1.165, 1.54) is 6.07 Å². The molecule has 1 saturated heterocycles. The van der Waals surface area contributed by atoms with Crippen molar-refractivity contribution in [3.05, 3.63) is 35.6 Å². The summed E-state index contributed by atoms with van der Waals surface area (Å²) in [6.45, 7) is 6.35. The van der Waals surface area contributed by atoms with E-state index in [0.717, 1.165) is 31.5 Å². The van der Waals surface area contributed by atoms with Gasteiger partial charge in [-0.05, 0) is 49.9 Å². The Kier molecular flexibility index (Phi) is 4.36. The normalized spacial score (nSPS) is 24.1. The van der Waals surface area contributed by atoms with Gasteiger partial charge in [0.05, 0.1) is 0 Å². The van der Waals surface area contributed by atoms with Gasteiger partial charge in [-0.15, -0.1) is 0 Å². The lowest BCUT2D eigenvalue weighted by molar-refractivity contribution is 0.226. The van der Waals surface area contributed by atoms with Crippen molar-refractivity contribution >= 4 is 0 Å². The second-order valence-electron chi connectivity index (χ2n) is 5.38. The first-order valence-corrected chi connectivity index (χ1v) is 6.87. The van der Waals surface area contributed by atoms with Crippen molar-refractivity contribution in [2.24, 2.45) is 11.7 Å². The molecule has 2 rings (SSSR count). The summed E-state index contributed by atoms with van der Waals surface area (Å²) in [5.41, 5.74) is 7.06. The van der Waals surface area contributed by atoms with E-state index in [4.69, 9.17) is 5.73 Å². The first-order valence-electron chi connectivity index (χ1n) is 6.87. The van der Waals surface area contributed by atoms with Gasteiger partial charge >= 0.3 is 0 Å². The molecule has 2 N–H and O–H groups in total. The zero-order valence-corrected chi connectivity index (χ0v) is 11.3. The first-order chi connectivity index (χ1) is 8.61. The molecule has 0 bridgehead atoms. The summed E-state index contributed by atoms with van der Waals surface area (Å²) in [4.78, 5) is 2.45. The van der Waals surface area contributed by atoms with Gasteiger partial charge in [-0.2, -0.15) is 0 Å². The molecule has 1 heterocycles. The average Bonchev–Trinajstić information content (AvgIpc) is 2.80. The quantitative estimate of drug-likeness (QED) is 0.890. The molecule has 18 heavy (non-hydrogen) atoms. The number of nitrogens with two attached hydrogens (primary N) is 1. The molecule has 1 aliphatic rings. The number of nitrogens with zero attached hydrogens (tertiary/aromatic N) is 1. The number of hydrogen-bond acceptors (Lipinski definition) is 2. The van der Waals surface area contributed by atoms with E-state index in [1.54, 1.807) is 12.1 Å². The highest BCUT2D eigenvalue weighted by Crippen LogP contribution is 2.31. The smallest absolute Gasteiger partial charge is 0.123 e. The van der Waals surface area contributed by atoms with Crippen LogP contribution in [0.4, 0.5) is 4.39 Å². The monoisotopic (exact) mass is 250 g/mol. The summed E-state index contributed by atoms with van der Waals surface area (Å²) in [7, 11) is 0. The van der Waals surface area contributed by atoms with E-state index < -0.39 is 0 Å². The van der Waals surface area contributed by atoms with Gasteiger partial charge in [0.15, 0.2) is 0 Å². The summed E-state index contributed by atoms with van der Waals surface area (Å²) < 4.78 is 13.3. The fraction of sp³-hybridized carbons (Fsp3) is 0.600. The second-order valence-corrected chi connectivity index (χ2v) is 5.38. The van der Waals surface area contributed by atoms with E-state index in [2.05, 4.69) is 18.7 Å². The molecule has 1 aromatic carbocycles. The summed E-state index contributed by atoms with van der Waals surface area (Å²) in [5, 5.41) is 0. The molecule has 1 aliphatic heterocycles. The lowest BCUT2D eigenvalue weighted by Crippen LogP contribution is -2.31. The van der Waals surface area contributed by atoms with Crippen molar-refractivity contribution in [2.45, 2.75) is 38.8 Å². The lowest BCUT2D eigenvalue weighted by atomic mass is 10.0. The SMILES string of the molecule is CCC(c1cccc(F)c1)N1CCC(C(C)N)C1. The minimum absolute atomic E-state index is 0.145. The van der Waals surface area contributed by atoms with Gasteiger partial charge in [0.25, 0.3) is 0 Å². The van der Waals surface area contributed by atoms with Crippen molar-refractivity contribution in [3.8, 4) is 0 Å². The molecule has 2 nitrogen and oxygen atoms in total. The number of likely N-dealkylation sites (tertiary alicyclic amines) is 1. The zero-order chi connectivity index (χ0) is 13.1. The molecule has 100 valence electrons. The molecule has 1 aromatic rings. The Bertz CT molecular complexity index is 392. The largest absolute Gasteiger partial charge is 0.328 e. The van der Waals surface area contributed by atoms with Crippen LogP contribution in [0.3, 0.4) is 0 Å². The van der Waals surface area contributed by atoms with Crippen LogP contribution in [0.15, 0.2) is 24.3 Å². The van der Waals surface area contributed by atoms with Crippen LogP contribution in [-0.2, 0) is 0 Å². The van der Waals surface area contributed by atoms with E-state index in [1.807, 2.05) is 6.07 Å². The third-order valence-electron chi connectivity index (χ3n) is 4.06. The Morgan fingerprint density at radius 1 is 1.50 bits per heavy atom. The van der Waals surface area contributed by atoms with Gasteiger partial charge in [0, 0.05) is 18.6 Å². The van der Waals surface area contributed by atoms with Crippen molar-refractivity contribution in [1.29, 1.82) is 0 Å². The molecule has 3 unspecified atom stereocenters. The lowest BCUT2D eigenvalue weighted by Gasteiger charge is -2.28. The summed E-state index contributed by atoms with van der Waals surface area (Å²) in [6.07, 6.45) is 2.17. The average molecular weight is 250 g/mol. The molecule has 0 spiro atoms. The third kappa shape index (κ3) is 2.90. The Morgan fingerprint density at radius 3 is 2.83 bits per heavy atom. The van der Waals surface area contributed by atoms with Crippen LogP contribution in [0.2, 0.25) is 0 Å². The molecular weight excluding hydrogens is 227 g/mol. The highest BCUT2D eigenvalue weighted by atomic mass is 19.1. The number of hydrogen-bond donors (Lipinski definition) is 1. The Hall–Kier alpha value is -0.930. The van der Waals surface area contributed by atoms with Gasteiger partial charge in [-0.1, -0.05) is 19.1 Å². The van der Waals surface area contributed by atoms with E-state index in [0.29, 0.717) is 12.0 Å². The van der Waals surface area contributed by atoms with Crippen LogP contribution in [0.25, 0.3) is 0 Å². The minimum Gasteiger partial charge on any atom is -0.328 e. The van der Waals surface area contributed by atoms with Crippen molar-refractivity contribution in [3.63, 3.8) is 0 Å². The molecule has 0 aromatic heterocycles. The van der Waals surface area contributed by atoms with Crippen molar-refractivity contribution in [1.82, 2.24) is 4.90 Å². The van der Waals surface area contributed by atoms with E-state index >= 15 is 0 Å². The van der Waals surface area contributed by atoms with Crippen LogP contribution in [0, 0.1) is 11.7 Å². The predicted molar refractivity (Wildman–Crippen MR) is 72.8 cm³/mol. The topological polar surface area (TPSA) is 29.3 Å². The summed E-state index contributed by atoms with van der Waals surface area (Å²) in [6, 6.07) is 7.56. The Morgan fingerprint density at radius 2 is 2.28 bits per heavy atom. The molecular formula is C15H23FN2. The fourth-order valence-electron chi connectivity index (χ4n) is 2.95. The molecule has 3 heteroatoms. The van der Waals surface area contributed by atoms with E-state index in [-0.39, 0.29) is 11.9 Å². The number of rotatable bonds is 4. The van der Waals surface area contributed by atoms with Gasteiger partial charge in [0.1, 0.15) is 5.82 Å². The maximum Gasteiger partial charge on any atom is 0.123 e. The van der Waals surface area contributed by atoms with Crippen LogP contribution in [0.5, 0.6) is 0 Å². The molecule has 0 aliphatic carbocycles. The number of halogens is 1. The zero-order valence-electron chi connectivity index (χ0n) is 11.3. The third-order valence-corrected chi connectivity index (χ3v) is 4.06. The standard InChI is InChI=1S/C15H23FN2/c1-3-15(12-5-4-6-14(16)9-12)18-8-7-13(10-18)11(2)17/h4-6,9,11,13,15H,3,7-8,10,17H2,1-2H3. The maximum atomic E-state index is 13.3. The number of benzene rings is 1. The molecule has 3 atom stereocenters. The van der Waals surface area contributed by atoms with Crippen LogP contribution in [-0.4, -0.2) is 24.0 Å². The summed E-state index contributed by atoms with van der Waals surface area (Å²) >= 11 is 0. The van der Waals surface area contributed by atoms with Crippen LogP contribution >= 0.6 is 0 Å². The maximum absolute atomic E-state index is 13.3. The van der Waals surface area contributed by atoms with E-state index in [9.17, 15) is 4.39 Å². The fourth-order valence-corrected chi connectivity index (χ4v) is 2.95. The predicted octanol–water partition coefficient (Wildman–Crippen LogP) is 2.95. The molecule has 0 saturated carbocycles. The highest BCUT2D eigenvalue weighted by Gasteiger charge is 2.29. The highest BCUT2D eigenvalue weighted by molar-refractivity contribution is 5.20. The van der Waals surface area contributed by atoms with Crippen LogP contribution in [0.1, 0.15) is 38.3 Å². The molecule has 0 radical (unpaired) electrons. The molecule has 1 fully saturated rings. The first kappa shape index (κ1) is 13.5. The van der Waals surface area contributed by atoms with Gasteiger partial charge in [-0.3, -0.25) is 4.90 Å². The van der Waals surface area contributed by atoms with Crippen LogP contribution < -0.4 is 5.73 Å². The summed E-state index contributed by atoms with van der Waals surface area (Å²) in [5.74, 6) is 0.432. The van der Waals surface area contributed by atoms with Crippen molar-refractivity contribution in [2.75, 3.05) is 13.1 Å². The van der Waals surface area contributed by atoms with Gasteiger partial charge < -0.3 is 5.73 Å². The molecule has 0 amide bonds. The minimum atomic E-state index is -0.145. The Labute approximate surface area is 109 Å². The Balaban J connectivity index is 2.10.